The Morgan fingerprint density at radius 1 is 1.19 bits per heavy atom. The molecule has 0 spiro atoms. The fraction of sp³-hybridized carbons (Fsp3) is 0. The maximum absolute atomic E-state index is 13.7. The van der Waals surface area contributed by atoms with Crippen LogP contribution in [0.15, 0.2) is 50.7 Å². The number of hydrogen-bond donors (Lipinski definition) is 0. The Kier molecular flexibility index (Phi) is 3.85. The number of rotatable bonds is 3. The molecule has 2 heterocycles. The minimum atomic E-state index is -0.740. The Morgan fingerprint density at radius 2 is 1.95 bits per heavy atom. The quantitative estimate of drug-likeness (QED) is 0.660. The van der Waals surface area contributed by atoms with Crippen LogP contribution in [0.4, 0.5) is 8.78 Å². The minimum Gasteiger partial charge on any atom is -0.452 e. The van der Waals surface area contributed by atoms with E-state index in [9.17, 15) is 13.6 Å². The Hall–Kier alpha value is -1.99. The van der Waals surface area contributed by atoms with Crippen molar-refractivity contribution >= 4 is 28.2 Å². The third-order valence-electron chi connectivity index (χ3n) is 2.61. The average Bonchev–Trinajstić information content (AvgIpc) is 3.10. The van der Waals surface area contributed by atoms with Gasteiger partial charge in [-0.2, -0.15) is 0 Å². The summed E-state index contributed by atoms with van der Waals surface area (Å²) in [4.78, 5) is 15.9. The van der Waals surface area contributed by atoms with Gasteiger partial charge in [0.25, 0.3) is 5.12 Å². The van der Waals surface area contributed by atoms with Crippen LogP contribution >= 0.6 is 23.1 Å². The summed E-state index contributed by atoms with van der Waals surface area (Å²) in [6, 6.07) is 6.29. The highest BCUT2D eigenvalue weighted by atomic mass is 32.2. The topological polar surface area (TPSA) is 43.1 Å². The van der Waals surface area contributed by atoms with Crippen LogP contribution in [-0.2, 0) is 0 Å². The second-order valence-electron chi connectivity index (χ2n) is 3.95. The van der Waals surface area contributed by atoms with E-state index in [1.807, 2.05) is 0 Å². The van der Waals surface area contributed by atoms with E-state index in [0.29, 0.717) is 4.34 Å². The largest absolute Gasteiger partial charge is 0.452 e. The van der Waals surface area contributed by atoms with Crippen LogP contribution in [-0.4, -0.2) is 10.1 Å². The van der Waals surface area contributed by atoms with Gasteiger partial charge in [-0.25, -0.2) is 13.8 Å². The van der Waals surface area contributed by atoms with Crippen molar-refractivity contribution in [2.75, 3.05) is 0 Å². The van der Waals surface area contributed by atoms with E-state index in [0.717, 1.165) is 23.9 Å². The zero-order valence-electron chi connectivity index (χ0n) is 10.4. The van der Waals surface area contributed by atoms with Gasteiger partial charge < -0.3 is 4.42 Å². The molecule has 7 heteroatoms. The molecule has 21 heavy (non-hydrogen) atoms. The number of nitrogens with zero attached hydrogens (tertiary/aromatic N) is 1. The summed E-state index contributed by atoms with van der Waals surface area (Å²) >= 11 is 2.23. The summed E-state index contributed by atoms with van der Waals surface area (Å²) in [7, 11) is 0. The molecular formula is C14H7F2NO2S2. The first-order chi connectivity index (χ1) is 10.1. The van der Waals surface area contributed by atoms with Gasteiger partial charge in [-0.05, 0) is 36.0 Å². The number of carbonyl (C=O) groups excluding carboxylic acids is 1. The fourth-order valence-electron chi connectivity index (χ4n) is 1.71. The van der Waals surface area contributed by atoms with Gasteiger partial charge in [0.15, 0.2) is 10.1 Å². The summed E-state index contributed by atoms with van der Waals surface area (Å²) < 4.78 is 33.2. The molecule has 1 aromatic carbocycles. The number of carbonyl (C=O) groups is 1. The second kappa shape index (κ2) is 5.79. The lowest BCUT2D eigenvalue weighted by Crippen LogP contribution is -1.90. The highest BCUT2D eigenvalue weighted by Crippen LogP contribution is 2.30. The first-order valence-electron chi connectivity index (χ1n) is 5.81. The van der Waals surface area contributed by atoms with Crippen molar-refractivity contribution in [1.82, 2.24) is 4.98 Å². The predicted octanol–water partition coefficient (Wildman–Crippen LogP) is 4.61. The number of furan rings is 1. The van der Waals surface area contributed by atoms with Crippen LogP contribution in [0, 0.1) is 11.6 Å². The van der Waals surface area contributed by atoms with Crippen LogP contribution in [0.1, 0.15) is 10.6 Å². The standard InChI is InChI=1S/C14H7F2NO2S2/c15-8-2-1-3-9(16)12(8)10-4-5-11(19-10)13(18)21-14-17-6-7-20-14/h1-7H. The molecule has 0 bridgehead atoms. The lowest BCUT2D eigenvalue weighted by molar-refractivity contribution is 0.106. The molecule has 0 fully saturated rings. The van der Waals surface area contributed by atoms with Crippen molar-refractivity contribution in [2.45, 2.75) is 4.34 Å². The normalized spacial score (nSPS) is 10.8. The minimum absolute atomic E-state index is 0.0197. The molecule has 0 atom stereocenters. The SMILES string of the molecule is O=C(Sc1nccs1)c1ccc(-c2c(F)cccc2F)o1. The Morgan fingerprint density at radius 3 is 2.62 bits per heavy atom. The molecule has 2 aromatic heterocycles. The smallest absolute Gasteiger partial charge is 0.261 e. The first kappa shape index (κ1) is 14.0. The van der Waals surface area contributed by atoms with Gasteiger partial charge in [-0.3, -0.25) is 4.79 Å². The van der Waals surface area contributed by atoms with Crippen molar-refractivity contribution in [2.24, 2.45) is 0 Å². The molecule has 0 aliphatic rings. The molecule has 3 aromatic rings. The van der Waals surface area contributed by atoms with Crippen molar-refractivity contribution in [3.8, 4) is 11.3 Å². The number of hydrogen-bond acceptors (Lipinski definition) is 5. The number of halogens is 2. The maximum atomic E-state index is 13.7. The molecule has 0 amide bonds. The molecule has 106 valence electrons. The van der Waals surface area contributed by atoms with Crippen LogP contribution in [0.3, 0.4) is 0 Å². The summed E-state index contributed by atoms with van der Waals surface area (Å²) in [5.41, 5.74) is -0.282. The lowest BCUT2D eigenvalue weighted by atomic mass is 10.1. The second-order valence-corrected chi connectivity index (χ2v) is 6.06. The number of benzene rings is 1. The summed E-state index contributed by atoms with van der Waals surface area (Å²) in [5, 5.41) is 1.38. The highest BCUT2D eigenvalue weighted by Gasteiger charge is 2.19. The third kappa shape index (κ3) is 2.88. The summed E-state index contributed by atoms with van der Waals surface area (Å²) in [6.45, 7) is 0. The van der Waals surface area contributed by atoms with Gasteiger partial charge in [0.1, 0.15) is 17.4 Å². The summed E-state index contributed by atoms with van der Waals surface area (Å²) in [6.07, 6.45) is 1.59. The fourth-order valence-corrected chi connectivity index (χ4v) is 3.13. The maximum Gasteiger partial charge on any atom is 0.261 e. The zero-order chi connectivity index (χ0) is 14.8. The molecule has 3 nitrogen and oxygen atoms in total. The molecule has 0 unspecified atom stereocenters. The molecule has 0 aliphatic heterocycles. The van der Waals surface area contributed by atoms with E-state index in [-0.39, 0.29) is 22.2 Å². The van der Waals surface area contributed by atoms with Crippen LogP contribution < -0.4 is 0 Å². The molecular weight excluding hydrogens is 316 g/mol. The van der Waals surface area contributed by atoms with Gasteiger partial charge in [-0.15, -0.1) is 11.3 Å². The molecule has 0 aliphatic carbocycles. The van der Waals surface area contributed by atoms with E-state index >= 15 is 0 Å². The number of thioether (sulfide) groups is 1. The van der Waals surface area contributed by atoms with Crippen molar-refractivity contribution in [3.63, 3.8) is 0 Å². The van der Waals surface area contributed by atoms with Gasteiger partial charge in [0.05, 0.1) is 5.56 Å². The molecule has 0 saturated heterocycles. The van der Waals surface area contributed by atoms with Crippen LogP contribution in [0.25, 0.3) is 11.3 Å². The molecule has 0 N–H and O–H groups in total. The Bertz CT molecular complexity index is 764. The van der Waals surface area contributed by atoms with E-state index in [1.165, 1.54) is 29.5 Å². The van der Waals surface area contributed by atoms with E-state index in [1.54, 1.807) is 11.6 Å². The first-order valence-corrected chi connectivity index (χ1v) is 7.50. The highest BCUT2D eigenvalue weighted by molar-refractivity contribution is 8.15. The average molecular weight is 323 g/mol. The number of aromatic nitrogens is 1. The van der Waals surface area contributed by atoms with Crippen LogP contribution in [0.2, 0.25) is 0 Å². The molecule has 3 rings (SSSR count). The lowest BCUT2D eigenvalue weighted by Gasteiger charge is -2.00. The molecule has 0 saturated carbocycles. The Labute approximate surface area is 126 Å². The third-order valence-corrected chi connectivity index (χ3v) is 4.38. The van der Waals surface area contributed by atoms with Gasteiger partial charge >= 0.3 is 0 Å². The zero-order valence-corrected chi connectivity index (χ0v) is 12.0. The van der Waals surface area contributed by atoms with Crippen molar-refractivity contribution in [1.29, 1.82) is 0 Å². The van der Waals surface area contributed by atoms with Crippen LogP contribution in [0.5, 0.6) is 0 Å². The van der Waals surface area contributed by atoms with Gasteiger partial charge in [-0.1, -0.05) is 6.07 Å². The van der Waals surface area contributed by atoms with Gasteiger partial charge in [0, 0.05) is 11.6 Å². The number of thiazole rings is 1. The molecule has 0 radical (unpaired) electrons. The predicted molar refractivity (Wildman–Crippen MR) is 76.4 cm³/mol. The van der Waals surface area contributed by atoms with E-state index in [4.69, 9.17) is 4.42 Å². The monoisotopic (exact) mass is 323 g/mol. The summed E-state index contributed by atoms with van der Waals surface area (Å²) in [5.74, 6) is -1.48. The van der Waals surface area contributed by atoms with Gasteiger partial charge in [0.2, 0.25) is 0 Å². The van der Waals surface area contributed by atoms with Crippen molar-refractivity contribution in [3.05, 3.63) is 59.3 Å². The van der Waals surface area contributed by atoms with E-state index < -0.39 is 11.6 Å². The van der Waals surface area contributed by atoms with Crippen molar-refractivity contribution < 1.29 is 18.0 Å². The van der Waals surface area contributed by atoms with E-state index in [2.05, 4.69) is 4.98 Å². The Balaban J connectivity index is 1.88.